The summed E-state index contributed by atoms with van der Waals surface area (Å²) in [5.41, 5.74) is 2.55. The first-order valence-corrected chi connectivity index (χ1v) is 6.42. The number of ether oxygens (including phenoxy) is 1. The summed E-state index contributed by atoms with van der Waals surface area (Å²) >= 11 is 0. The summed E-state index contributed by atoms with van der Waals surface area (Å²) in [4.78, 5) is 8.53. The maximum atomic E-state index is 5.11. The summed E-state index contributed by atoms with van der Waals surface area (Å²) in [7, 11) is 3.59. The quantitative estimate of drug-likeness (QED) is 0.909. The molecule has 1 N–H and O–H groups in total. The Morgan fingerprint density at radius 1 is 1.47 bits per heavy atom. The molecule has 0 unspecified atom stereocenters. The Labute approximate surface area is 111 Å². The highest BCUT2D eigenvalue weighted by Gasteiger charge is 2.23. The van der Waals surface area contributed by atoms with Crippen LogP contribution in [-0.4, -0.2) is 26.9 Å². The molecule has 19 heavy (non-hydrogen) atoms. The van der Waals surface area contributed by atoms with E-state index in [-0.39, 0.29) is 6.04 Å². The Balaban J connectivity index is 1.84. The molecule has 0 amide bonds. The number of fused-ring (bicyclic) bond motifs is 1. The van der Waals surface area contributed by atoms with Crippen LogP contribution in [0.4, 0.5) is 5.95 Å². The van der Waals surface area contributed by atoms with Crippen molar-refractivity contribution in [3.63, 3.8) is 0 Å². The maximum absolute atomic E-state index is 5.11. The fourth-order valence-electron chi connectivity index (χ4n) is 2.54. The lowest BCUT2D eigenvalue weighted by Gasteiger charge is -2.23. The summed E-state index contributed by atoms with van der Waals surface area (Å²) in [5.74, 6) is 1.17. The second kappa shape index (κ2) is 4.87. The van der Waals surface area contributed by atoms with Gasteiger partial charge in [0, 0.05) is 30.6 Å². The van der Waals surface area contributed by atoms with Crippen LogP contribution in [0.1, 0.15) is 30.1 Å². The third-order valence-electron chi connectivity index (χ3n) is 3.52. The lowest BCUT2D eigenvalue weighted by Crippen LogP contribution is -2.19. The minimum Gasteiger partial charge on any atom is -0.481 e. The first kappa shape index (κ1) is 12.0. The maximum Gasteiger partial charge on any atom is 0.226 e. The van der Waals surface area contributed by atoms with E-state index in [2.05, 4.69) is 20.4 Å². The second-order valence-corrected chi connectivity index (χ2v) is 4.68. The molecular weight excluding hydrogens is 242 g/mol. The van der Waals surface area contributed by atoms with E-state index in [1.54, 1.807) is 19.4 Å². The molecule has 2 aromatic heterocycles. The van der Waals surface area contributed by atoms with E-state index in [0.717, 1.165) is 19.3 Å². The van der Waals surface area contributed by atoms with Crippen molar-refractivity contribution in [3.05, 3.63) is 29.7 Å². The Morgan fingerprint density at radius 3 is 3.21 bits per heavy atom. The molecule has 2 heterocycles. The van der Waals surface area contributed by atoms with Crippen LogP contribution in [0.15, 0.2) is 18.5 Å². The zero-order valence-corrected chi connectivity index (χ0v) is 11.1. The number of anilines is 1. The zero-order valence-electron chi connectivity index (χ0n) is 11.1. The highest BCUT2D eigenvalue weighted by Crippen LogP contribution is 2.31. The molecule has 6 nitrogen and oxygen atoms in total. The molecule has 1 aliphatic rings. The number of aromatic nitrogens is 4. The Kier molecular flexibility index (Phi) is 3.06. The van der Waals surface area contributed by atoms with E-state index >= 15 is 0 Å². The molecule has 0 aromatic carbocycles. The van der Waals surface area contributed by atoms with Crippen LogP contribution in [0.3, 0.4) is 0 Å². The average Bonchev–Trinajstić information content (AvgIpc) is 2.82. The predicted octanol–water partition coefficient (Wildman–Crippen LogP) is 1.71. The van der Waals surface area contributed by atoms with E-state index < -0.39 is 0 Å². The van der Waals surface area contributed by atoms with Gasteiger partial charge in [0.25, 0.3) is 0 Å². The molecule has 0 spiro atoms. The van der Waals surface area contributed by atoms with Gasteiger partial charge in [-0.2, -0.15) is 10.1 Å². The third kappa shape index (κ3) is 2.25. The van der Waals surface area contributed by atoms with E-state index in [0.29, 0.717) is 11.8 Å². The standard InChI is InChI=1S/C13H17N5O/c1-18-11-5-3-4-10(9(11)8-15-18)16-13-14-7-6-12(17-13)19-2/h6-8,10H,3-5H2,1-2H3,(H,14,16,17)/t10-/m1/s1. The van der Waals surface area contributed by atoms with Crippen LogP contribution in [0.2, 0.25) is 0 Å². The van der Waals surface area contributed by atoms with Gasteiger partial charge in [-0.3, -0.25) is 4.68 Å². The molecule has 0 fully saturated rings. The fourth-order valence-corrected chi connectivity index (χ4v) is 2.54. The molecule has 6 heteroatoms. The summed E-state index contributed by atoms with van der Waals surface area (Å²) < 4.78 is 7.06. The number of rotatable bonds is 3. The number of aryl methyl sites for hydroxylation is 1. The average molecular weight is 259 g/mol. The van der Waals surface area contributed by atoms with Crippen LogP contribution in [0.5, 0.6) is 5.88 Å². The van der Waals surface area contributed by atoms with Crippen molar-refractivity contribution < 1.29 is 4.74 Å². The van der Waals surface area contributed by atoms with Gasteiger partial charge in [0.15, 0.2) is 0 Å². The van der Waals surface area contributed by atoms with Gasteiger partial charge in [-0.25, -0.2) is 4.98 Å². The molecule has 0 aliphatic heterocycles. The van der Waals surface area contributed by atoms with Crippen LogP contribution in [0.25, 0.3) is 0 Å². The smallest absolute Gasteiger partial charge is 0.226 e. The van der Waals surface area contributed by atoms with Crippen molar-refractivity contribution in [1.82, 2.24) is 19.7 Å². The van der Waals surface area contributed by atoms with Crippen molar-refractivity contribution in [2.75, 3.05) is 12.4 Å². The molecule has 100 valence electrons. The summed E-state index contributed by atoms with van der Waals surface area (Å²) in [5, 5.41) is 7.70. The lowest BCUT2D eigenvalue weighted by molar-refractivity contribution is 0.397. The lowest BCUT2D eigenvalue weighted by atomic mass is 9.93. The van der Waals surface area contributed by atoms with Crippen LogP contribution in [-0.2, 0) is 13.5 Å². The van der Waals surface area contributed by atoms with E-state index in [9.17, 15) is 0 Å². The van der Waals surface area contributed by atoms with Gasteiger partial charge in [0.1, 0.15) is 0 Å². The fraction of sp³-hybridized carbons (Fsp3) is 0.462. The summed E-state index contributed by atoms with van der Waals surface area (Å²) in [6.45, 7) is 0. The van der Waals surface area contributed by atoms with Gasteiger partial charge < -0.3 is 10.1 Å². The van der Waals surface area contributed by atoms with Crippen molar-refractivity contribution in [1.29, 1.82) is 0 Å². The van der Waals surface area contributed by atoms with Crippen molar-refractivity contribution in [3.8, 4) is 5.88 Å². The van der Waals surface area contributed by atoms with Crippen molar-refractivity contribution in [2.45, 2.75) is 25.3 Å². The van der Waals surface area contributed by atoms with E-state index in [4.69, 9.17) is 4.74 Å². The number of hydrogen-bond donors (Lipinski definition) is 1. The second-order valence-electron chi connectivity index (χ2n) is 4.68. The monoisotopic (exact) mass is 259 g/mol. The molecule has 0 radical (unpaired) electrons. The van der Waals surface area contributed by atoms with Gasteiger partial charge in [-0.05, 0) is 19.3 Å². The summed E-state index contributed by atoms with van der Waals surface area (Å²) in [6.07, 6.45) is 6.93. The van der Waals surface area contributed by atoms with E-state index in [1.807, 2.05) is 17.9 Å². The first-order chi connectivity index (χ1) is 9.28. The highest BCUT2D eigenvalue weighted by molar-refractivity contribution is 5.36. The van der Waals surface area contributed by atoms with Gasteiger partial charge in [-0.15, -0.1) is 0 Å². The van der Waals surface area contributed by atoms with Crippen LogP contribution in [0, 0.1) is 0 Å². The molecule has 2 aromatic rings. The minimum atomic E-state index is 0.226. The Morgan fingerprint density at radius 2 is 2.37 bits per heavy atom. The topological polar surface area (TPSA) is 64.9 Å². The number of nitrogens with zero attached hydrogens (tertiary/aromatic N) is 4. The number of hydrogen-bond acceptors (Lipinski definition) is 5. The van der Waals surface area contributed by atoms with Gasteiger partial charge >= 0.3 is 0 Å². The molecule has 0 saturated carbocycles. The first-order valence-electron chi connectivity index (χ1n) is 6.42. The third-order valence-corrected chi connectivity index (χ3v) is 3.52. The molecule has 3 rings (SSSR count). The predicted molar refractivity (Wildman–Crippen MR) is 71.1 cm³/mol. The largest absolute Gasteiger partial charge is 0.481 e. The van der Waals surface area contributed by atoms with Gasteiger partial charge in [-0.1, -0.05) is 0 Å². The Hall–Kier alpha value is -2.11. The van der Waals surface area contributed by atoms with Crippen molar-refractivity contribution in [2.24, 2.45) is 7.05 Å². The van der Waals surface area contributed by atoms with Gasteiger partial charge in [0.2, 0.25) is 11.8 Å². The van der Waals surface area contributed by atoms with E-state index in [1.165, 1.54) is 11.3 Å². The highest BCUT2D eigenvalue weighted by atomic mass is 16.5. The normalized spacial score (nSPS) is 17.9. The SMILES string of the molecule is COc1ccnc(N[C@@H]2CCCc3c2cnn3C)n1. The molecule has 0 bridgehead atoms. The molecule has 1 aliphatic carbocycles. The minimum absolute atomic E-state index is 0.226. The number of nitrogens with one attached hydrogen (secondary N) is 1. The van der Waals surface area contributed by atoms with Crippen molar-refractivity contribution >= 4 is 5.95 Å². The van der Waals surface area contributed by atoms with Crippen LogP contribution >= 0.6 is 0 Å². The number of methoxy groups -OCH3 is 1. The molecular formula is C13H17N5O. The Bertz CT molecular complexity index is 580. The molecule has 1 atom stereocenters. The summed E-state index contributed by atoms with van der Waals surface area (Å²) in [6, 6.07) is 1.96. The van der Waals surface area contributed by atoms with Gasteiger partial charge in [0.05, 0.1) is 19.3 Å². The van der Waals surface area contributed by atoms with Crippen LogP contribution < -0.4 is 10.1 Å². The molecule has 0 saturated heterocycles. The zero-order chi connectivity index (χ0) is 13.2.